The fourth-order valence-corrected chi connectivity index (χ4v) is 4.88. The van der Waals surface area contributed by atoms with E-state index in [1.807, 2.05) is 6.07 Å². The van der Waals surface area contributed by atoms with Gasteiger partial charge < -0.3 is 38.8 Å². The molecule has 0 radical (unpaired) electrons. The maximum atomic E-state index is 12.6. The van der Waals surface area contributed by atoms with Crippen LogP contribution in [0.2, 0.25) is 0 Å². The average molecular weight is 590 g/mol. The van der Waals surface area contributed by atoms with Crippen molar-refractivity contribution in [3.63, 3.8) is 0 Å². The maximum absolute atomic E-state index is 12.6. The Morgan fingerprint density at radius 2 is 1.77 bits per heavy atom. The Balaban J connectivity index is 1.68. The Hall–Kier alpha value is -2.97. The summed E-state index contributed by atoms with van der Waals surface area (Å²) < 4.78 is 81.5. The smallest absolute Gasteiger partial charge is 0.487 e. The van der Waals surface area contributed by atoms with E-state index in [9.17, 15) is 47.3 Å². The molecule has 2 aliphatic rings. The van der Waals surface area contributed by atoms with E-state index in [4.69, 9.17) is 14.2 Å². The van der Waals surface area contributed by atoms with Crippen LogP contribution in [0.1, 0.15) is 34.8 Å². The summed E-state index contributed by atoms with van der Waals surface area (Å²) in [5, 5.41) is 50.7. The minimum absolute atomic E-state index is 0.0342. The third kappa shape index (κ3) is 6.33. The predicted molar refractivity (Wildman–Crippen MR) is 129 cm³/mol. The summed E-state index contributed by atoms with van der Waals surface area (Å²) in [7, 11) is -5.85. The van der Waals surface area contributed by atoms with Crippen LogP contribution in [0.15, 0.2) is 36.4 Å². The van der Waals surface area contributed by atoms with Crippen molar-refractivity contribution in [3.8, 4) is 17.6 Å². The summed E-state index contributed by atoms with van der Waals surface area (Å²) in [5.74, 6) is -0.410. The zero-order chi connectivity index (χ0) is 29.2. The van der Waals surface area contributed by atoms with Crippen LogP contribution in [0.4, 0.5) is 13.2 Å². The van der Waals surface area contributed by atoms with E-state index in [-0.39, 0.29) is 36.0 Å². The molecular weight excluding hydrogens is 563 g/mol. The summed E-state index contributed by atoms with van der Waals surface area (Å²) in [6, 6.07) is 9.64. The van der Waals surface area contributed by atoms with Crippen LogP contribution in [-0.4, -0.2) is 84.7 Å². The molecule has 2 aromatic carbocycles. The molecule has 0 aromatic heterocycles. The SMILES string of the molecule is N#Cc1cc(O[C@H]2CCOC2)c([C@@H]2O[C@H](CO)[C@@H](O)[C@H](O)[C@H]2O)cc1Cc1ccc(OS(=O)(=O)C(F)(F)F)cc1. The van der Waals surface area contributed by atoms with E-state index in [1.54, 1.807) is 0 Å². The molecule has 0 bridgehead atoms. The summed E-state index contributed by atoms with van der Waals surface area (Å²) in [5.41, 5.74) is -4.38. The second kappa shape index (κ2) is 11.9. The zero-order valence-corrected chi connectivity index (χ0v) is 21.5. The summed E-state index contributed by atoms with van der Waals surface area (Å²) in [6.07, 6.45) is -7.16. The van der Waals surface area contributed by atoms with Crippen LogP contribution in [0, 0.1) is 11.3 Å². The molecule has 2 aliphatic heterocycles. The van der Waals surface area contributed by atoms with Crippen molar-refractivity contribution in [2.75, 3.05) is 19.8 Å². The van der Waals surface area contributed by atoms with E-state index in [1.165, 1.54) is 24.3 Å². The highest BCUT2D eigenvalue weighted by Gasteiger charge is 2.48. The van der Waals surface area contributed by atoms with Crippen molar-refractivity contribution < 1.29 is 60.4 Å². The van der Waals surface area contributed by atoms with Gasteiger partial charge in [0.15, 0.2) is 0 Å². The van der Waals surface area contributed by atoms with Crippen molar-refractivity contribution in [3.05, 3.63) is 58.7 Å². The molecule has 2 heterocycles. The number of rotatable bonds is 8. The lowest BCUT2D eigenvalue weighted by Gasteiger charge is -2.40. The number of alkyl halides is 3. The molecule has 4 N–H and O–H groups in total. The Bertz CT molecular complexity index is 1340. The summed E-state index contributed by atoms with van der Waals surface area (Å²) in [4.78, 5) is 0. The second-order valence-electron chi connectivity index (χ2n) is 9.32. The second-order valence-corrected chi connectivity index (χ2v) is 10.9. The van der Waals surface area contributed by atoms with Gasteiger partial charge in [0.05, 0.1) is 31.5 Å². The van der Waals surface area contributed by atoms with Crippen molar-refractivity contribution in [1.82, 2.24) is 0 Å². The molecule has 0 saturated carbocycles. The highest BCUT2D eigenvalue weighted by molar-refractivity contribution is 7.88. The zero-order valence-electron chi connectivity index (χ0n) is 20.7. The van der Waals surface area contributed by atoms with Crippen LogP contribution < -0.4 is 8.92 Å². The molecule has 218 valence electrons. The lowest BCUT2D eigenvalue weighted by molar-refractivity contribution is -0.232. The number of hydrogen-bond donors (Lipinski definition) is 4. The lowest BCUT2D eigenvalue weighted by Crippen LogP contribution is -2.55. The van der Waals surface area contributed by atoms with E-state index in [2.05, 4.69) is 4.18 Å². The fourth-order valence-electron chi connectivity index (χ4n) is 4.42. The third-order valence-corrected chi connectivity index (χ3v) is 7.52. The first-order chi connectivity index (χ1) is 18.8. The molecule has 2 saturated heterocycles. The number of aliphatic hydroxyl groups excluding tert-OH is 4. The highest BCUT2D eigenvalue weighted by Crippen LogP contribution is 2.40. The Kier molecular flexibility index (Phi) is 8.90. The number of nitriles is 1. The molecule has 2 aromatic rings. The van der Waals surface area contributed by atoms with E-state index >= 15 is 0 Å². The molecule has 0 unspecified atom stereocenters. The quantitative estimate of drug-likeness (QED) is 0.256. The van der Waals surface area contributed by atoms with Gasteiger partial charge in [0.1, 0.15) is 48.1 Å². The first-order valence-corrected chi connectivity index (χ1v) is 13.5. The van der Waals surface area contributed by atoms with Crippen molar-refractivity contribution in [2.24, 2.45) is 0 Å². The Morgan fingerprint density at radius 1 is 1.07 bits per heavy atom. The van der Waals surface area contributed by atoms with Gasteiger partial charge in [-0.15, -0.1) is 0 Å². The van der Waals surface area contributed by atoms with Crippen molar-refractivity contribution in [2.45, 2.75) is 55.0 Å². The fraction of sp³-hybridized carbons (Fsp3) is 0.480. The van der Waals surface area contributed by atoms with Crippen LogP contribution in [-0.2, 0) is 26.0 Å². The first kappa shape index (κ1) is 30.0. The minimum atomic E-state index is -5.85. The number of halogens is 3. The van der Waals surface area contributed by atoms with Gasteiger partial charge in [-0.05, 0) is 41.8 Å². The molecule has 0 amide bonds. The molecule has 2 fully saturated rings. The molecule has 0 spiro atoms. The monoisotopic (exact) mass is 589 g/mol. The van der Waals surface area contributed by atoms with Gasteiger partial charge >= 0.3 is 15.6 Å². The molecular formula is C25H26F3NO10S. The number of nitrogens with zero attached hydrogens (tertiary/aromatic N) is 1. The van der Waals surface area contributed by atoms with E-state index in [0.717, 1.165) is 12.1 Å². The predicted octanol–water partition coefficient (Wildman–Crippen LogP) is 1.06. The van der Waals surface area contributed by atoms with Crippen LogP contribution in [0.5, 0.6) is 11.5 Å². The lowest BCUT2D eigenvalue weighted by atomic mass is 9.88. The number of aliphatic hydroxyl groups is 4. The van der Waals surface area contributed by atoms with Crippen LogP contribution >= 0.6 is 0 Å². The molecule has 15 heteroatoms. The normalized spacial score (nSPS) is 27.2. The van der Waals surface area contributed by atoms with Gasteiger partial charge in [0, 0.05) is 12.0 Å². The number of hydrogen-bond acceptors (Lipinski definition) is 11. The molecule has 0 aliphatic carbocycles. The molecule has 6 atom stereocenters. The van der Waals surface area contributed by atoms with Gasteiger partial charge in [-0.1, -0.05) is 12.1 Å². The highest BCUT2D eigenvalue weighted by atomic mass is 32.2. The van der Waals surface area contributed by atoms with Crippen LogP contribution in [0.3, 0.4) is 0 Å². The van der Waals surface area contributed by atoms with Crippen LogP contribution in [0.25, 0.3) is 0 Å². The van der Waals surface area contributed by atoms with Crippen molar-refractivity contribution >= 4 is 10.1 Å². The van der Waals surface area contributed by atoms with E-state index < -0.39 is 58.5 Å². The van der Waals surface area contributed by atoms with Gasteiger partial charge in [-0.25, -0.2) is 0 Å². The average Bonchev–Trinajstić information content (AvgIpc) is 3.42. The van der Waals surface area contributed by atoms with E-state index in [0.29, 0.717) is 24.2 Å². The topological polar surface area (TPSA) is 176 Å². The molecule has 40 heavy (non-hydrogen) atoms. The van der Waals surface area contributed by atoms with Gasteiger partial charge in [0.2, 0.25) is 0 Å². The maximum Gasteiger partial charge on any atom is 0.534 e. The standard InChI is InChI=1S/C25H26F3NO10S/c26-25(27,28)40(34,35)39-16-3-1-13(2-4-16)7-14-8-18(24-23(33)22(32)21(31)20(11-30)38-24)19(9-15(14)10-29)37-17-5-6-36-12-17/h1-4,8-9,17,20-24,30-33H,5-7,11-12H2/t17-,20+,21+,22-,23+,24-/m0/s1. The van der Waals surface area contributed by atoms with Crippen molar-refractivity contribution in [1.29, 1.82) is 5.26 Å². The number of ether oxygens (including phenoxy) is 3. The first-order valence-electron chi connectivity index (χ1n) is 12.1. The Morgan fingerprint density at radius 3 is 2.35 bits per heavy atom. The van der Waals surface area contributed by atoms with Gasteiger partial charge in [-0.3, -0.25) is 0 Å². The summed E-state index contributed by atoms with van der Waals surface area (Å²) >= 11 is 0. The van der Waals surface area contributed by atoms with Gasteiger partial charge in [-0.2, -0.15) is 26.9 Å². The largest absolute Gasteiger partial charge is 0.534 e. The third-order valence-electron chi connectivity index (χ3n) is 6.54. The molecule has 11 nitrogen and oxygen atoms in total. The molecule has 4 rings (SSSR count). The number of benzene rings is 2. The summed E-state index contributed by atoms with van der Waals surface area (Å²) in [6.45, 7) is 0.0686. The van der Waals surface area contributed by atoms with Gasteiger partial charge in [0.25, 0.3) is 0 Å². The Labute approximate surface area is 227 Å². The minimum Gasteiger partial charge on any atom is -0.487 e.